The molecule has 0 spiro atoms. The standard InChI is InChI=1S/C20H22Cl3N3O5S/c1-31-9-5-8-24-20(28)13-6-3-4-7-17(13)25-19(27)12-26(32(2,29)30)18-11-15(22)14(21)10-16(18)23/h3-4,6-7,10-11H,5,8-9,12H2,1-2H3,(H,24,28)(H,25,27). The number of hydrogen-bond donors (Lipinski definition) is 2. The summed E-state index contributed by atoms with van der Waals surface area (Å²) < 4.78 is 30.5. The lowest BCUT2D eigenvalue weighted by atomic mass is 10.1. The molecule has 0 fully saturated rings. The van der Waals surface area contributed by atoms with E-state index in [1.54, 1.807) is 31.4 Å². The van der Waals surface area contributed by atoms with E-state index in [2.05, 4.69) is 10.6 Å². The number of carbonyl (C=O) groups excluding carboxylic acids is 2. The second kappa shape index (κ2) is 11.7. The van der Waals surface area contributed by atoms with Crippen LogP contribution < -0.4 is 14.9 Å². The van der Waals surface area contributed by atoms with Crippen molar-refractivity contribution in [2.45, 2.75) is 6.42 Å². The molecule has 0 aliphatic heterocycles. The van der Waals surface area contributed by atoms with Gasteiger partial charge in [-0.05, 0) is 30.7 Å². The second-order valence-electron chi connectivity index (χ2n) is 6.68. The quantitative estimate of drug-likeness (QED) is 0.365. The van der Waals surface area contributed by atoms with Crippen LogP contribution in [-0.4, -0.2) is 53.3 Å². The van der Waals surface area contributed by atoms with Gasteiger partial charge in [-0.15, -0.1) is 0 Å². The number of benzene rings is 2. The molecule has 2 aromatic rings. The molecule has 0 saturated carbocycles. The number of nitrogens with one attached hydrogen (secondary N) is 2. The monoisotopic (exact) mass is 521 g/mol. The highest BCUT2D eigenvalue weighted by molar-refractivity contribution is 7.92. The number of para-hydroxylation sites is 1. The Kier molecular flexibility index (Phi) is 9.60. The number of rotatable bonds is 10. The molecular weight excluding hydrogens is 501 g/mol. The predicted octanol–water partition coefficient (Wildman–Crippen LogP) is 3.82. The molecule has 0 atom stereocenters. The fourth-order valence-corrected chi connectivity index (χ4v) is 4.26. The molecule has 0 aliphatic carbocycles. The van der Waals surface area contributed by atoms with Gasteiger partial charge in [0.2, 0.25) is 15.9 Å². The van der Waals surface area contributed by atoms with E-state index in [-0.39, 0.29) is 37.9 Å². The topological polar surface area (TPSA) is 105 Å². The average Bonchev–Trinajstić information content (AvgIpc) is 2.72. The molecule has 174 valence electrons. The van der Waals surface area contributed by atoms with Crippen molar-refractivity contribution in [3.63, 3.8) is 0 Å². The highest BCUT2D eigenvalue weighted by Gasteiger charge is 2.25. The number of halogens is 3. The molecule has 2 N–H and O–H groups in total. The number of nitrogens with zero attached hydrogens (tertiary/aromatic N) is 1. The van der Waals surface area contributed by atoms with Gasteiger partial charge in [0.25, 0.3) is 5.91 Å². The van der Waals surface area contributed by atoms with Crippen LogP contribution in [0.3, 0.4) is 0 Å². The van der Waals surface area contributed by atoms with Crippen LogP contribution in [0, 0.1) is 0 Å². The van der Waals surface area contributed by atoms with Gasteiger partial charge in [-0.25, -0.2) is 8.42 Å². The van der Waals surface area contributed by atoms with Crippen molar-refractivity contribution in [1.82, 2.24) is 5.32 Å². The minimum absolute atomic E-state index is 0.00267. The van der Waals surface area contributed by atoms with E-state index in [1.807, 2.05) is 0 Å². The summed E-state index contributed by atoms with van der Waals surface area (Å²) in [5.41, 5.74) is 0.468. The molecule has 0 aliphatic rings. The van der Waals surface area contributed by atoms with Crippen LogP contribution in [0.1, 0.15) is 16.8 Å². The van der Waals surface area contributed by atoms with E-state index in [0.29, 0.717) is 19.6 Å². The SMILES string of the molecule is COCCCNC(=O)c1ccccc1NC(=O)CN(c1cc(Cl)c(Cl)cc1Cl)S(C)(=O)=O. The first-order valence-corrected chi connectivity index (χ1v) is 12.3. The van der Waals surface area contributed by atoms with Gasteiger partial charge in [0, 0.05) is 20.3 Å². The fraction of sp³-hybridized carbons (Fsp3) is 0.300. The van der Waals surface area contributed by atoms with Crippen LogP contribution in [-0.2, 0) is 19.6 Å². The van der Waals surface area contributed by atoms with E-state index in [0.717, 1.165) is 10.6 Å². The molecule has 2 aromatic carbocycles. The lowest BCUT2D eigenvalue weighted by Crippen LogP contribution is -2.38. The summed E-state index contributed by atoms with van der Waals surface area (Å²) in [4.78, 5) is 25.2. The van der Waals surface area contributed by atoms with Crippen LogP contribution in [0.5, 0.6) is 0 Å². The van der Waals surface area contributed by atoms with Crippen molar-refractivity contribution in [1.29, 1.82) is 0 Å². The molecule has 0 heterocycles. The summed E-state index contributed by atoms with van der Waals surface area (Å²) in [5, 5.41) is 5.54. The molecule has 0 aromatic heterocycles. The number of hydrogen-bond acceptors (Lipinski definition) is 5. The molecule has 0 bridgehead atoms. The van der Waals surface area contributed by atoms with Gasteiger partial charge in [-0.1, -0.05) is 46.9 Å². The lowest BCUT2D eigenvalue weighted by molar-refractivity contribution is -0.114. The number of carbonyl (C=O) groups is 2. The van der Waals surface area contributed by atoms with Crippen molar-refractivity contribution in [3.05, 3.63) is 57.0 Å². The number of ether oxygens (including phenoxy) is 1. The molecule has 0 saturated heterocycles. The van der Waals surface area contributed by atoms with Crippen LogP contribution in [0.4, 0.5) is 11.4 Å². The van der Waals surface area contributed by atoms with Gasteiger partial charge in [0.15, 0.2) is 0 Å². The van der Waals surface area contributed by atoms with E-state index in [1.165, 1.54) is 12.1 Å². The van der Waals surface area contributed by atoms with E-state index in [9.17, 15) is 18.0 Å². The third-order valence-corrected chi connectivity index (χ3v) is 6.35. The molecular formula is C20H22Cl3N3O5S. The maximum Gasteiger partial charge on any atom is 0.253 e. The number of amides is 2. The first kappa shape index (κ1) is 26.2. The van der Waals surface area contributed by atoms with Crippen molar-refractivity contribution in [3.8, 4) is 0 Å². The molecule has 32 heavy (non-hydrogen) atoms. The number of sulfonamides is 1. The molecule has 2 rings (SSSR count). The van der Waals surface area contributed by atoms with Crippen molar-refractivity contribution >= 4 is 68.0 Å². The van der Waals surface area contributed by atoms with Gasteiger partial charge < -0.3 is 15.4 Å². The highest BCUT2D eigenvalue weighted by Crippen LogP contribution is 2.35. The largest absolute Gasteiger partial charge is 0.385 e. The summed E-state index contributed by atoms with van der Waals surface area (Å²) in [6.45, 7) is 0.296. The van der Waals surface area contributed by atoms with Gasteiger partial charge in [0.05, 0.1) is 38.3 Å². The Balaban J connectivity index is 2.22. The molecule has 0 unspecified atom stereocenters. The molecule has 0 radical (unpaired) electrons. The third kappa shape index (κ3) is 7.25. The average molecular weight is 523 g/mol. The van der Waals surface area contributed by atoms with Gasteiger partial charge >= 0.3 is 0 Å². The Morgan fingerprint density at radius 1 is 1.06 bits per heavy atom. The van der Waals surface area contributed by atoms with E-state index in [4.69, 9.17) is 39.5 Å². The lowest BCUT2D eigenvalue weighted by Gasteiger charge is -2.23. The first-order chi connectivity index (χ1) is 15.0. The molecule has 2 amide bonds. The van der Waals surface area contributed by atoms with Crippen molar-refractivity contribution < 1.29 is 22.7 Å². The molecule has 8 nitrogen and oxygen atoms in total. The van der Waals surface area contributed by atoms with Gasteiger partial charge in [0.1, 0.15) is 6.54 Å². The zero-order valence-corrected chi connectivity index (χ0v) is 20.4. The normalized spacial score (nSPS) is 11.2. The van der Waals surface area contributed by atoms with Gasteiger partial charge in [-0.2, -0.15) is 0 Å². The Morgan fingerprint density at radius 2 is 1.72 bits per heavy atom. The smallest absolute Gasteiger partial charge is 0.253 e. The Hall–Kier alpha value is -2.04. The Bertz CT molecular complexity index is 1100. The number of anilines is 2. The van der Waals surface area contributed by atoms with Crippen LogP contribution >= 0.6 is 34.8 Å². The summed E-state index contributed by atoms with van der Waals surface area (Å²) in [6.07, 6.45) is 1.56. The Morgan fingerprint density at radius 3 is 2.38 bits per heavy atom. The predicted molar refractivity (Wildman–Crippen MR) is 128 cm³/mol. The van der Waals surface area contributed by atoms with Crippen LogP contribution in [0.2, 0.25) is 15.1 Å². The number of methoxy groups -OCH3 is 1. The summed E-state index contributed by atoms with van der Waals surface area (Å²) >= 11 is 18.0. The fourth-order valence-electron chi connectivity index (χ4n) is 2.71. The van der Waals surface area contributed by atoms with Crippen LogP contribution in [0.25, 0.3) is 0 Å². The zero-order chi connectivity index (χ0) is 23.9. The minimum Gasteiger partial charge on any atom is -0.385 e. The van der Waals surface area contributed by atoms with Crippen molar-refractivity contribution in [2.24, 2.45) is 0 Å². The summed E-state index contributed by atoms with van der Waals surface area (Å²) in [7, 11) is -2.34. The zero-order valence-electron chi connectivity index (χ0n) is 17.3. The summed E-state index contributed by atoms with van der Waals surface area (Å²) in [6, 6.07) is 8.94. The van der Waals surface area contributed by atoms with E-state index < -0.39 is 22.5 Å². The third-order valence-electron chi connectivity index (χ3n) is 4.20. The maximum absolute atomic E-state index is 12.7. The maximum atomic E-state index is 12.7. The molecule has 12 heteroatoms. The van der Waals surface area contributed by atoms with Crippen LogP contribution in [0.15, 0.2) is 36.4 Å². The van der Waals surface area contributed by atoms with Gasteiger partial charge in [-0.3, -0.25) is 13.9 Å². The minimum atomic E-state index is -3.91. The highest BCUT2D eigenvalue weighted by atomic mass is 35.5. The first-order valence-electron chi connectivity index (χ1n) is 9.33. The second-order valence-corrected chi connectivity index (χ2v) is 9.81. The van der Waals surface area contributed by atoms with Crippen molar-refractivity contribution in [2.75, 3.05) is 42.7 Å². The summed E-state index contributed by atoms with van der Waals surface area (Å²) in [5.74, 6) is -1.07. The van der Waals surface area contributed by atoms with E-state index >= 15 is 0 Å². The Labute approximate surface area is 201 Å².